The van der Waals surface area contributed by atoms with Crippen molar-refractivity contribution in [3.8, 4) is 22.6 Å². The monoisotopic (exact) mass is 472 g/mol. The number of fused-ring (bicyclic) bond motifs is 1. The molecule has 0 spiro atoms. The lowest BCUT2D eigenvalue weighted by molar-refractivity contribution is 0.413. The van der Waals surface area contributed by atoms with Gasteiger partial charge in [0.15, 0.2) is 0 Å². The van der Waals surface area contributed by atoms with Gasteiger partial charge in [0.25, 0.3) is 0 Å². The molecule has 0 bridgehead atoms. The Morgan fingerprint density at radius 2 is 1.56 bits per heavy atom. The highest BCUT2D eigenvalue weighted by Crippen LogP contribution is 2.43. The van der Waals surface area contributed by atoms with E-state index in [4.69, 9.17) is 20.9 Å². The summed E-state index contributed by atoms with van der Waals surface area (Å²) in [5.41, 5.74) is 20.6. The summed E-state index contributed by atoms with van der Waals surface area (Å²) in [6.45, 7) is 5.62. The van der Waals surface area contributed by atoms with Gasteiger partial charge in [0, 0.05) is 21.8 Å². The lowest BCUT2D eigenvalue weighted by Gasteiger charge is -2.13. The third-order valence-electron chi connectivity index (χ3n) is 6.11. The standard InChI is InChI=1S/C29H32N2O2S/c1-19(24-15-20(10-12-30)4-7-27(24)32-2)14-23-18-34-29-9-6-22(17-26(23)29)25-16-21(11-13-31)5-8-28(25)33-3/h4-9,14-17H,1,10-13,18,30-31H2,2-3H3. The summed E-state index contributed by atoms with van der Waals surface area (Å²) in [6.07, 6.45) is 3.86. The highest BCUT2D eigenvalue weighted by atomic mass is 32.2. The second kappa shape index (κ2) is 11.0. The van der Waals surface area contributed by atoms with Crippen molar-refractivity contribution in [2.45, 2.75) is 17.7 Å². The Bertz CT molecular complexity index is 1230. The van der Waals surface area contributed by atoms with Crippen LogP contribution in [0.25, 0.3) is 22.3 Å². The zero-order valence-corrected chi connectivity index (χ0v) is 20.7. The number of nitrogens with two attached hydrogens (primary N) is 2. The Morgan fingerprint density at radius 1 is 0.882 bits per heavy atom. The van der Waals surface area contributed by atoms with Gasteiger partial charge in [-0.05, 0) is 95.7 Å². The maximum Gasteiger partial charge on any atom is 0.126 e. The predicted molar refractivity (Wildman–Crippen MR) is 145 cm³/mol. The molecule has 0 fully saturated rings. The van der Waals surface area contributed by atoms with Crippen molar-refractivity contribution in [2.24, 2.45) is 11.5 Å². The van der Waals surface area contributed by atoms with Crippen molar-refractivity contribution in [1.29, 1.82) is 0 Å². The first kappa shape index (κ1) is 24.1. The number of hydrogen-bond donors (Lipinski definition) is 2. The largest absolute Gasteiger partial charge is 0.496 e. The Morgan fingerprint density at radius 3 is 2.24 bits per heavy atom. The second-order valence-electron chi connectivity index (χ2n) is 8.34. The Hall–Kier alpha value is -2.99. The molecule has 4 nitrogen and oxygen atoms in total. The summed E-state index contributed by atoms with van der Waals surface area (Å²) in [7, 11) is 3.41. The Kier molecular flexibility index (Phi) is 7.78. The Balaban J connectivity index is 1.71. The van der Waals surface area contributed by atoms with Crippen molar-refractivity contribution in [1.82, 2.24) is 0 Å². The van der Waals surface area contributed by atoms with Crippen molar-refractivity contribution < 1.29 is 9.47 Å². The summed E-state index contributed by atoms with van der Waals surface area (Å²) in [6, 6.07) is 19.1. The van der Waals surface area contributed by atoms with E-state index in [1.54, 1.807) is 14.2 Å². The van der Waals surface area contributed by atoms with Crippen LogP contribution >= 0.6 is 11.8 Å². The van der Waals surface area contributed by atoms with Crippen molar-refractivity contribution >= 4 is 22.9 Å². The molecular weight excluding hydrogens is 440 g/mol. The van der Waals surface area contributed by atoms with Gasteiger partial charge < -0.3 is 20.9 Å². The van der Waals surface area contributed by atoms with E-state index in [0.717, 1.165) is 52.4 Å². The third-order valence-corrected chi connectivity index (χ3v) is 7.23. The van der Waals surface area contributed by atoms with E-state index in [1.807, 2.05) is 23.9 Å². The van der Waals surface area contributed by atoms with Gasteiger partial charge in [0.05, 0.1) is 14.2 Å². The molecule has 0 saturated carbocycles. The van der Waals surface area contributed by atoms with Crippen LogP contribution in [0.2, 0.25) is 0 Å². The van der Waals surface area contributed by atoms with Gasteiger partial charge in [-0.1, -0.05) is 30.9 Å². The molecule has 4 rings (SSSR count). The molecule has 0 amide bonds. The summed E-state index contributed by atoms with van der Waals surface area (Å²) in [5.74, 6) is 2.60. The molecule has 0 aromatic heterocycles. The minimum atomic E-state index is 0.613. The fraction of sp³-hybridized carbons (Fsp3) is 0.241. The summed E-state index contributed by atoms with van der Waals surface area (Å²) < 4.78 is 11.3. The topological polar surface area (TPSA) is 70.5 Å². The van der Waals surface area contributed by atoms with Crippen LogP contribution in [0.15, 0.2) is 72.1 Å². The smallest absolute Gasteiger partial charge is 0.126 e. The van der Waals surface area contributed by atoms with Gasteiger partial charge in [-0.25, -0.2) is 0 Å². The quantitative estimate of drug-likeness (QED) is 0.426. The third kappa shape index (κ3) is 5.07. The number of benzene rings is 3. The van der Waals surface area contributed by atoms with Gasteiger partial charge >= 0.3 is 0 Å². The van der Waals surface area contributed by atoms with Gasteiger partial charge in [-0.15, -0.1) is 11.8 Å². The van der Waals surface area contributed by atoms with Crippen LogP contribution in [0, 0.1) is 0 Å². The van der Waals surface area contributed by atoms with Crippen LogP contribution in [0.5, 0.6) is 11.5 Å². The molecule has 1 aliphatic rings. The molecule has 4 N–H and O–H groups in total. The lowest BCUT2D eigenvalue weighted by Crippen LogP contribution is -2.03. The van der Waals surface area contributed by atoms with E-state index in [2.05, 4.69) is 55.1 Å². The average Bonchev–Trinajstić information content (AvgIpc) is 3.26. The molecule has 3 aromatic rings. The van der Waals surface area contributed by atoms with Crippen LogP contribution < -0.4 is 20.9 Å². The fourth-order valence-electron chi connectivity index (χ4n) is 4.35. The summed E-state index contributed by atoms with van der Waals surface area (Å²) >= 11 is 1.85. The van der Waals surface area contributed by atoms with Gasteiger partial charge in [-0.3, -0.25) is 0 Å². The normalized spacial score (nSPS) is 13.7. The van der Waals surface area contributed by atoms with Crippen LogP contribution in [0.1, 0.15) is 22.3 Å². The molecule has 5 heteroatoms. The molecule has 0 unspecified atom stereocenters. The van der Waals surface area contributed by atoms with E-state index in [-0.39, 0.29) is 0 Å². The average molecular weight is 473 g/mol. The molecule has 176 valence electrons. The van der Waals surface area contributed by atoms with Crippen LogP contribution in [0.4, 0.5) is 0 Å². The van der Waals surface area contributed by atoms with Gasteiger partial charge in [0.2, 0.25) is 0 Å². The first-order valence-electron chi connectivity index (χ1n) is 11.5. The van der Waals surface area contributed by atoms with E-state index in [1.165, 1.54) is 27.2 Å². The van der Waals surface area contributed by atoms with E-state index < -0.39 is 0 Å². The Labute approximate surface area is 206 Å². The minimum absolute atomic E-state index is 0.613. The molecule has 0 radical (unpaired) electrons. The number of methoxy groups -OCH3 is 2. The highest BCUT2D eigenvalue weighted by Gasteiger charge is 2.20. The maximum absolute atomic E-state index is 5.79. The zero-order chi connectivity index (χ0) is 24.1. The zero-order valence-electron chi connectivity index (χ0n) is 19.9. The van der Waals surface area contributed by atoms with Crippen molar-refractivity contribution in [3.05, 3.63) is 89.5 Å². The highest BCUT2D eigenvalue weighted by molar-refractivity contribution is 8.00. The maximum atomic E-state index is 5.79. The molecule has 0 atom stereocenters. The number of thioether (sulfide) groups is 1. The molecular formula is C29H32N2O2S. The first-order valence-corrected chi connectivity index (χ1v) is 12.5. The van der Waals surface area contributed by atoms with Crippen LogP contribution in [0.3, 0.4) is 0 Å². The molecule has 3 aromatic carbocycles. The molecule has 34 heavy (non-hydrogen) atoms. The molecule has 1 aliphatic heterocycles. The van der Waals surface area contributed by atoms with Crippen LogP contribution in [-0.2, 0) is 12.8 Å². The van der Waals surface area contributed by atoms with Gasteiger partial charge in [-0.2, -0.15) is 0 Å². The van der Waals surface area contributed by atoms with Crippen molar-refractivity contribution in [2.75, 3.05) is 33.1 Å². The van der Waals surface area contributed by atoms with E-state index >= 15 is 0 Å². The lowest BCUT2D eigenvalue weighted by atomic mass is 9.95. The number of ether oxygens (including phenoxy) is 2. The number of hydrogen-bond acceptors (Lipinski definition) is 5. The molecule has 0 saturated heterocycles. The van der Waals surface area contributed by atoms with Crippen molar-refractivity contribution in [3.63, 3.8) is 0 Å². The van der Waals surface area contributed by atoms with E-state index in [9.17, 15) is 0 Å². The first-order chi connectivity index (χ1) is 16.6. The van der Waals surface area contributed by atoms with Crippen LogP contribution in [-0.4, -0.2) is 33.1 Å². The number of rotatable bonds is 9. The van der Waals surface area contributed by atoms with Gasteiger partial charge in [0.1, 0.15) is 11.5 Å². The second-order valence-corrected chi connectivity index (χ2v) is 9.36. The fourth-order valence-corrected chi connectivity index (χ4v) is 5.41. The predicted octanol–water partition coefficient (Wildman–Crippen LogP) is 5.58. The molecule has 1 heterocycles. The SMILES string of the molecule is C=C(C=C1CSc2ccc(-c3cc(CCN)ccc3OC)cc21)c1cc(CCN)ccc1OC. The summed E-state index contributed by atoms with van der Waals surface area (Å²) in [4.78, 5) is 1.28. The van der Waals surface area contributed by atoms with E-state index in [0.29, 0.717) is 13.1 Å². The number of allylic oxidation sites excluding steroid dienone is 2. The summed E-state index contributed by atoms with van der Waals surface area (Å²) in [5, 5.41) is 0. The molecule has 0 aliphatic carbocycles. The minimum Gasteiger partial charge on any atom is -0.496 e.